The van der Waals surface area contributed by atoms with Gasteiger partial charge in [-0.2, -0.15) is 0 Å². The maximum absolute atomic E-state index is 2.43. The monoisotopic (exact) mass is 730 g/mol. The smallest absolute Gasteiger partial charge is 0.0540 e. The van der Waals surface area contributed by atoms with Crippen molar-refractivity contribution in [3.8, 4) is 33.4 Å². The molecule has 0 N–H and O–H groups in total. The van der Waals surface area contributed by atoms with E-state index in [4.69, 9.17) is 0 Å². The average molecular weight is 731 g/mol. The highest BCUT2D eigenvalue weighted by molar-refractivity contribution is 5.99. The molecular formula is C55H42N2. The lowest BCUT2D eigenvalue weighted by molar-refractivity contribution is 0.660. The van der Waals surface area contributed by atoms with Crippen molar-refractivity contribution in [2.75, 3.05) is 9.80 Å². The van der Waals surface area contributed by atoms with Crippen LogP contribution in [0.25, 0.3) is 44.2 Å². The maximum Gasteiger partial charge on any atom is 0.0540 e. The Morgan fingerprint density at radius 1 is 0.316 bits per heavy atom. The molecule has 0 aliphatic heterocycles. The first-order chi connectivity index (χ1) is 28.0. The Hall–Kier alpha value is -7.16. The van der Waals surface area contributed by atoms with Gasteiger partial charge in [-0.05, 0) is 117 Å². The normalized spacial score (nSPS) is 12.5. The Labute approximate surface area is 335 Å². The van der Waals surface area contributed by atoms with Crippen molar-refractivity contribution in [1.82, 2.24) is 0 Å². The van der Waals surface area contributed by atoms with Crippen LogP contribution in [0.2, 0.25) is 0 Å². The van der Waals surface area contributed by atoms with Crippen molar-refractivity contribution in [3.05, 3.63) is 230 Å². The van der Waals surface area contributed by atoms with Crippen molar-refractivity contribution < 1.29 is 0 Å². The van der Waals surface area contributed by atoms with Crippen LogP contribution >= 0.6 is 0 Å². The minimum absolute atomic E-state index is 0.238. The first kappa shape index (κ1) is 34.3. The van der Waals surface area contributed by atoms with E-state index in [-0.39, 0.29) is 5.41 Å². The van der Waals surface area contributed by atoms with Crippen LogP contribution in [0.1, 0.15) is 25.0 Å². The molecule has 0 bridgehead atoms. The molecule has 0 spiro atoms. The summed E-state index contributed by atoms with van der Waals surface area (Å²) in [5.74, 6) is 0. The van der Waals surface area contributed by atoms with E-state index in [0.29, 0.717) is 0 Å². The molecule has 9 aromatic carbocycles. The summed E-state index contributed by atoms with van der Waals surface area (Å²) in [6, 6.07) is 79.2. The topological polar surface area (TPSA) is 6.48 Å². The summed E-state index contributed by atoms with van der Waals surface area (Å²) in [5, 5.41) is 2.44. The van der Waals surface area contributed by atoms with E-state index in [1.165, 1.54) is 55.3 Å². The van der Waals surface area contributed by atoms with Crippen LogP contribution in [0.15, 0.2) is 218 Å². The SMILES string of the molecule is CC1(C)c2cc(N(c3ccccc3)c3ccc(-c4ccccc4)cc3)ccc2-c2ccc(N(c3ccc(-c4ccccc4)cc3)c3cccc4ccccc34)cc21. The highest BCUT2D eigenvalue weighted by Crippen LogP contribution is 2.53. The summed E-state index contributed by atoms with van der Waals surface area (Å²) in [6.07, 6.45) is 0. The number of hydrogen-bond acceptors (Lipinski definition) is 2. The largest absolute Gasteiger partial charge is 0.310 e. The van der Waals surface area contributed by atoms with Crippen LogP contribution < -0.4 is 9.80 Å². The van der Waals surface area contributed by atoms with Gasteiger partial charge in [0.2, 0.25) is 0 Å². The van der Waals surface area contributed by atoms with E-state index in [1.807, 2.05) is 0 Å². The molecule has 1 aliphatic carbocycles. The average Bonchev–Trinajstić information content (AvgIpc) is 3.50. The molecule has 0 fully saturated rings. The summed E-state index contributed by atoms with van der Waals surface area (Å²) in [4.78, 5) is 4.80. The third-order valence-electron chi connectivity index (χ3n) is 11.6. The molecule has 9 aromatic rings. The highest BCUT2D eigenvalue weighted by atomic mass is 15.1. The van der Waals surface area contributed by atoms with Gasteiger partial charge in [0, 0.05) is 39.2 Å². The third-order valence-corrected chi connectivity index (χ3v) is 11.6. The van der Waals surface area contributed by atoms with Gasteiger partial charge in [0.05, 0.1) is 5.69 Å². The van der Waals surface area contributed by atoms with Gasteiger partial charge in [-0.15, -0.1) is 0 Å². The van der Waals surface area contributed by atoms with E-state index in [1.54, 1.807) is 0 Å². The van der Waals surface area contributed by atoms with Crippen LogP contribution in [-0.4, -0.2) is 0 Å². The Balaban J connectivity index is 1.06. The van der Waals surface area contributed by atoms with Crippen molar-refractivity contribution in [3.63, 3.8) is 0 Å². The van der Waals surface area contributed by atoms with Crippen molar-refractivity contribution in [2.45, 2.75) is 19.3 Å². The molecule has 1 aliphatic rings. The van der Waals surface area contributed by atoms with Gasteiger partial charge in [-0.3, -0.25) is 0 Å². The number of fused-ring (bicyclic) bond motifs is 4. The highest BCUT2D eigenvalue weighted by Gasteiger charge is 2.37. The summed E-state index contributed by atoms with van der Waals surface area (Å²) in [6.45, 7) is 4.76. The number of para-hydroxylation sites is 1. The molecule has 57 heavy (non-hydrogen) atoms. The first-order valence-electron chi connectivity index (χ1n) is 19.8. The zero-order chi connectivity index (χ0) is 38.3. The summed E-state index contributed by atoms with van der Waals surface area (Å²) >= 11 is 0. The number of hydrogen-bond donors (Lipinski definition) is 0. The summed E-state index contributed by atoms with van der Waals surface area (Å²) in [7, 11) is 0. The van der Waals surface area contributed by atoms with Crippen LogP contribution in [0.5, 0.6) is 0 Å². The number of anilines is 6. The maximum atomic E-state index is 2.43. The summed E-state index contributed by atoms with van der Waals surface area (Å²) < 4.78 is 0. The molecule has 0 heterocycles. The lowest BCUT2D eigenvalue weighted by Crippen LogP contribution is -2.17. The van der Waals surface area contributed by atoms with Gasteiger partial charge in [-0.25, -0.2) is 0 Å². The fourth-order valence-corrected chi connectivity index (χ4v) is 8.71. The number of benzene rings is 9. The van der Waals surface area contributed by atoms with E-state index in [2.05, 4.69) is 242 Å². The number of nitrogens with zero attached hydrogens (tertiary/aromatic N) is 2. The molecule has 0 atom stereocenters. The second kappa shape index (κ2) is 14.2. The molecule has 0 unspecified atom stereocenters. The predicted octanol–water partition coefficient (Wildman–Crippen LogP) is 15.4. The van der Waals surface area contributed by atoms with Crippen molar-refractivity contribution in [2.24, 2.45) is 0 Å². The van der Waals surface area contributed by atoms with Crippen LogP contribution in [-0.2, 0) is 5.41 Å². The second-order valence-corrected chi connectivity index (χ2v) is 15.4. The molecular weight excluding hydrogens is 689 g/mol. The van der Waals surface area contributed by atoms with Gasteiger partial charge in [0.15, 0.2) is 0 Å². The molecule has 2 nitrogen and oxygen atoms in total. The quantitative estimate of drug-likeness (QED) is 0.154. The Morgan fingerprint density at radius 3 is 1.28 bits per heavy atom. The molecule has 272 valence electrons. The summed E-state index contributed by atoms with van der Waals surface area (Å²) in [5.41, 5.74) is 16.7. The van der Waals surface area contributed by atoms with Gasteiger partial charge in [-0.1, -0.05) is 166 Å². The van der Waals surface area contributed by atoms with Crippen LogP contribution in [0, 0.1) is 0 Å². The fourth-order valence-electron chi connectivity index (χ4n) is 8.71. The van der Waals surface area contributed by atoms with Gasteiger partial charge < -0.3 is 9.80 Å². The van der Waals surface area contributed by atoms with E-state index in [9.17, 15) is 0 Å². The van der Waals surface area contributed by atoms with E-state index in [0.717, 1.165) is 34.1 Å². The lowest BCUT2D eigenvalue weighted by Gasteiger charge is -2.30. The molecule has 2 heteroatoms. The van der Waals surface area contributed by atoms with Crippen LogP contribution in [0.3, 0.4) is 0 Å². The Bertz CT molecular complexity index is 2840. The van der Waals surface area contributed by atoms with Crippen molar-refractivity contribution >= 4 is 44.9 Å². The van der Waals surface area contributed by atoms with Gasteiger partial charge in [0.25, 0.3) is 0 Å². The minimum atomic E-state index is -0.238. The molecule has 10 rings (SSSR count). The minimum Gasteiger partial charge on any atom is -0.310 e. The second-order valence-electron chi connectivity index (χ2n) is 15.4. The zero-order valence-electron chi connectivity index (χ0n) is 32.2. The number of rotatable bonds is 8. The van der Waals surface area contributed by atoms with Crippen LogP contribution in [0.4, 0.5) is 34.1 Å². The van der Waals surface area contributed by atoms with E-state index >= 15 is 0 Å². The standard InChI is InChI=1S/C55H42N2/c1-55(2)52-37-47(56(44-21-10-5-11-22-44)45-29-25-41(26-30-45)39-15-6-3-7-16-39)33-35-50(52)51-36-34-48(38-53(51)55)57(54-24-14-20-43-19-12-13-23-49(43)54)46-31-27-42(28-32-46)40-17-8-4-9-18-40/h3-38H,1-2H3. The zero-order valence-corrected chi connectivity index (χ0v) is 32.2. The molecule has 0 amide bonds. The Morgan fingerprint density at radius 2 is 0.719 bits per heavy atom. The van der Waals surface area contributed by atoms with Gasteiger partial charge >= 0.3 is 0 Å². The lowest BCUT2D eigenvalue weighted by atomic mass is 9.82. The predicted molar refractivity (Wildman–Crippen MR) is 242 cm³/mol. The molecule has 0 aromatic heterocycles. The first-order valence-corrected chi connectivity index (χ1v) is 19.8. The molecule has 0 saturated carbocycles. The van der Waals surface area contributed by atoms with Gasteiger partial charge in [0.1, 0.15) is 0 Å². The molecule has 0 saturated heterocycles. The molecule has 0 radical (unpaired) electrons. The van der Waals surface area contributed by atoms with E-state index < -0.39 is 0 Å². The third kappa shape index (κ3) is 6.16. The van der Waals surface area contributed by atoms with Crippen molar-refractivity contribution in [1.29, 1.82) is 0 Å². The Kier molecular flexibility index (Phi) is 8.53. The fraction of sp³-hybridized carbons (Fsp3) is 0.0545.